The number of nitrogens with zero attached hydrogens (tertiary/aromatic N) is 4. The molecule has 1 unspecified atom stereocenters. The number of aromatic nitrogens is 1. The Bertz CT molecular complexity index is 843. The predicted octanol–water partition coefficient (Wildman–Crippen LogP) is 4.16. The number of carbonyl (C=O) groups is 1. The van der Waals surface area contributed by atoms with Crippen LogP contribution in [0.1, 0.15) is 37.0 Å². The second-order valence-electron chi connectivity index (χ2n) is 5.91. The predicted molar refractivity (Wildman–Crippen MR) is 107 cm³/mol. The number of thioether (sulfide) groups is 1. The van der Waals surface area contributed by atoms with Gasteiger partial charge < -0.3 is 4.90 Å². The van der Waals surface area contributed by atoms with Crippen molar-refractivity contribution in [3.8, 4) is 5.40 Å². The number of amides is 1. The summed E-state index contributed by atoms with van der Waals surface area (Å²) in [5.74, 6) is -0.208. The Morgan fingerprint density at radius 1 is 1.31 bits per heavy atom. The molecule has 2 aromatic rings. The number of benzodiazepines with no additional fused rings is 1. The summed E-state index contributed by atoms with van der Waals surface area (Å²) in [6, 6.07) is 9.61. The zero-order chi connectivity index (χ0) is 19.1. The first-order valence-corrected chi connectivity index (χ1v) is 9.32. The summed E-state index contributed by atoms with van der Waals surface area (Å²) in [7, 11) is 1.71. The number of aliphatic imine (C=N–C) groups is 1. The third-order valence-electron chi connectivity index (χ3n) is 3.66. The fourth-order valence-corrected chi connectivity index (χ4v) is 3.03. The molecule has 1 aromatic carbocycles. The number of fused-ring (bicyclic) bond motifs is 1. The van der Waals surface area contributed by atoms with Crippen LogP contribution in [0.25, 0.3) is 0 Å². The molecule has 0 fully saturated rings. The highest BCUT2D eigenvalue weighted by atomic mass is 32.2. The average Bonchev–Trinajstić information content (AvgIpc) is 2.74. The van der Waals surface area contributed by atoms with E-state index in [2.05, 4.69) is 23.8 Å². The van der Waals surface area contributed by atoms with Crippen LogP contribution in [-0.2, 0) is 4.79 Å². The van der Waals surface area contributed by atoms with Crippen molar-refractivity contribution in [2.45, 2.75) is 32.6 Å². The van der Waals surface area contributed by atoms with Crippen LogP contribution in [0.4, 0.5) is 5.69 Å². The van der Waals surface area contributed by atoms with Crippen molar-refractivity contribution in [3.63, 3.8) is 0 Å². The fourth-order valence-electron chi connectivity index (χ4n) is 2.52. The molecule has 0 N–H and O–H groups in total. The molecule has 1 amide bonds. The summed E-state index contributed by atoms with van der Waals surface area (Å²) in [6.45, 7) is 6.25. The van der Waals surface area contributed by atoms with Crippen LogP contribution >= 0.6 is 11.8 Å². The van der Waals surface area contributed by atoms with Crippen LogP contribution < -0.4 is 4.90 Å². The summed E-state index contributed by atoms with van der Waals surface area (Å²) in [6.07, 6.45) is 4.66. The van der Waals surface area contributed by atoms with Gasteiger partial charge in [-0.15, -0.1) is 0 Å². The minimum absolute atomic E-state index is 0.208. The van der Waals surface area contributed by atoms with E-state index >= 15 is 0 Å². The maximum absolute atomic E-state index is 12.6. The number of nitriles is 1. The molecule has 0 aliphatic carbocycles. The van der Waals surface area contributed by atoms with Gasteiger partial charge in [0.05, 0.1) is 11.4 Å². The van der Waals surface area contributed by atoms with E-state index in [4.69, 9.17) is 5.26 Å². The number of hydrogen-bond acceptors (Lipinski definition) is 5. The highest BCUT2D eigenvalue weighted by Gasteiger charge is 2.30. The van der Waals surface area contributed by atoms with Crippen molar-refractivity contribution in [2.75, 3.05) is 11.9 Å². The van der Waals surface area contributed by atoms with Crippen LogP contribution in [0.2, 0.25) is 0 Å². The van der Waals surface area contributed by atoms with Gasteiger partial charge in [-0.3, -0.25) is 14.8 Å². The van der Waals surface area contributed by atoms with Gasteiger partial charge in [-0.25, -0.2) is 0 Å². The molecule has 5 nitrogen and oxygen atoms in total. The van der Waals surface area contributed by atoms with E-state index in [1.165, 1.54) is 6.42 Å². The lowest BCUT2D eigenvalue weighted by molar-refractivity contribution is -0.117. The number of hydrogen-bond donors (Lipinski definition) is 0. The third kappa shape index (κ3) is 4.30. The Morgan fingerprint density at radius 2 is 2.04 bits per heavy atom. The Hall–Kier alpha value is -2.65. The van der Waals surface area contributed by atoms with Crippen molar-refractivity contribution in [1.29, 1.82) is 5.26 Å². The van der Waals surface area contributed by atoms with Crippen LogP contribution in [0.5, 0.6) is 0 Å². The molecule has 0 spiro atoms. The molecule has 134 valence electrons. The molecule has 1 aliphatic heterocycles. The summed E-state index contributed by atoms with van der Waals surface area (Å²) >= 11 is 0.857. The molecule has 3 rings (SSSR count). The number of aryl methyl sites for hydroxylation is 1. The van der Waals surface area contributed by atoms with Crippen LogP contribution in [0.15, 0.2) is 47.7 Å². The first-order chi connectivity index (χ1) is 12.5. The van der Waals surface area contributed by atoms with Gasteiger partial charge in [0, 0.05) is 30.6 Å². The Labute approximate surface area is 158 Å². The molecular formula is C20H22N4OS. The van der Waals surface area contributed by atoms with E-state index in [-0.39, 0.29) is 5.91 Å². The van der Waals surface area contributed by atoms with Gasteiger partial charge in [0.25, 0.3) is 5.91 Å². The maximum atomic E-state index is 12.6. The number of pyridine rings is 1. The maximum Gasteiger partial charge on any atom is 0.262 e. The number of likely N-dealkylation sites (N-methyl/N-ethyl adjacent to an activating group) is 1. The van der Waals surface area contributed by atoms with Gasteiger partial charge in [-0.1, -0.05) is 31.9 Å². The van der Waals surface area contributed by atoms with E-state index in [9.17, 15) is 4.79 Å². The molecule has 1 aliphatic rings. The van der Waals surface area contributed by atoms with Gasteiger partial charge >= 0.3 is 0 Å². The van der Waals surface area contributed by atoms with Crippen molar-refractivity contribution in [1.82, 2.24) is 4.98 Å². The molecule has 6 heteroatoms. The van der Waals surface area contributed by atoms with Gasteiger partial charge in [0.1, 0.15) is 5.40 Å². The summed E-state index contributed by atoms with van der Waals surface area (Å²) in [5.41, 5.74) is 4.24. The normalized spacial score (nSPS) is 15.8. The van der Waals surface area contributed by atoms with Crippen molar-refractivity contribution < 1.29 is 4.79 Å². The van der Waals surface area contributed by atoms with E-state index in [0.29, 0.717) is 5.71 Å². The van der Waals surface area contributed by atoms with Gasteiger partial charge in [-0.2, -0.15) is 5.26 Å². The van der Waals surface area contributed by atoms with Crippen LogP contribution in [-0.4, -0.2) is 29.0 Å². The molecule has 0 saturated carbocycles. The number of carbonyl (C=O) groups excluding carboxylic acids is 1. The van der Waals surface area contributed by atoms with Crippen molar-refractivity contribution in [3.05, 3.63) is 59.4 Å². The topological polar surface area (TPSA) is 69.3 Å². The number of thiocyanates is 1. The summed E-state index contributed by atoms with van der Waals surface area (Å²) < 4.78 is 0. The van der Waals surface area contributed by atoms with Gasteiger partial charge in [0.15, 0.2) is 5.37 Å². The Morgan fingerprint density at radius 3 is 2.65 bits per heavy atom. The van der Waals surface area contributed by atoms with Gasteiger partial charge in [0.2, 0.25) is 0 Å². The minimum atomic E-state index is -0.784. The fraction of sp³-hybridized carbons (Fsp3) is 0.300. The molecule has 2 heterocycles. The van der Waals surface area contributed by atoms with E-state index in [1.807, 2.05) is 42.7 Å². The first kappa shape index (κ1) is 19.7. The minimum Gasteiger partial charge on any atom is -0.312 e. The lowest BCUT2D eigenvalue weighted by Gasteiger charge is -2.19. The summed E-state index contributed by atoms with van der Waals surface area (Å²) in [4.78, 5) is 22.9. The lowest BCUT2D eigenvalue weighted by atomic mass is 9.99. The SMILES string of the molecule is CCC.Cc1ccc2c(c1)C(c1cccnc1)=NC(SC#N)C(=O)N2C. The highest BCUT2D eigenvalue weighted by molar-refractivity contribution is 8.05. The number of benzene rings is 1. The molecule has 0 bridgehead atoms. The van der Waals surface area contributed by atoms with Crippen LogP contribution in [0, 0.1) is 17.6 Å². The smallest absolute Gasteiger partial charge is 0.262 e. The average molecular weight is 366 g/mol. The number of anilines is 1. The van der Waals surface area contributed by atoms with Gasteiger partial charge in [-0.05, 0) is 43.0 Å². The first-order valence-electron chi connectivity index (χ1n) is 8.45. The zero-order valence-corrected chi connectivity index (χ0v) is 16.2. The van der Waals surface area contributed by atoms with E-state index < -0.39 is 5.37 Å². The Balaban J connectivity index is 0.000000758. The molecular weight excluding hydrogens is 344 g/mol. The lowest BCUT2D eigenvalue weighted by Crippen LogP contribution is -2.32. The second kappa shape index (κ2) is 9.16. The second-order valence-corrected chi connectivity index (χ2v) is 6.77. The standard InChI is InChI=1S/C17H14N4OS.C3H8/c1-11-5-6-14-13(8-11)15(12-4-3-7-19-9-12)20-16(23-10-18)17(22)21(14)2;1-3-2/h3-9,16H,1-2H3;3H2,1-2H3. The molecule has 0 saturated heterocycles. The highest BCUT2D eigenvalue weighted by Crippen LogP contribution is 2.30. The Kier molecular flexibility index (Phi) is 6.93. The molecule has 1 atom stereocenters. The zero-order valence-electron chi connectivity index (χ0n) is 15.4. The molecule has 26 heavy (non-hydrogen) atoms. The third-order valence-corrected chi connectivity index (χ3v) is 4.29. The quantitative estimate of drug-likeness (QED) is 0.748. The van der Waals surface area contributed by atoms with Crippen molar-refractivity contribution in [2.24, 2.45) is 4.99 Å². The van der Waals surface area contributed by atoms with E-state index in [0.717, 1.165) is 34.1 Å². The monoisotopic (exact) mass is 366 g/mol. The summed E-state index contributed by atoms with van der Waals surface area (Å²) in [5, 5.41) is 10.2. The molecule has 0 radical (unpaired) electrons. The largest absolute Gasteiger partial charge is 0.312 e. The number of rotatable bonds is 2. The molecule has 1 aromatic heterocycles. The van der Waals surface area contributed by atoms with Crippen LogP contribution in [0.3, 0.4) is 0 Å². The van der Waals surface area contributed by atoms with E-state index in [1.54, 1.807) is 24.3 Å². The van der Waals surface area contributed by atoms with Crippen molar-refractivity contribution >= 4 is 29.1 Å².